The maximum atomic E-state index is 5.70. The highest BCUT2D eigenvalue weighted by Gasteiger charge is 2.17. The van der Waals surface area contributed by atoms with Gasteiger partial charge in [-0.2, -0.15) is 0 Å². The second-order valence-electron chi connectivity index (χ2n) is 4.22. The van der Waals surface area contributed by atoms with Gasteiger partial charge in [0.1, 0.15) is 11.9 Å². The number of hydrogen-bond donors (Lipinski definition) is 2. The molecule has 1 heterocycles. The van der Waals surface area contributed by atoms with E-state index in [4.69, 9.17) is 10.6 Å². The minimum atomic E-state index is -0.0447. The number of anilines is 1. The lowest BCUT2D eigenvalue weighted by Gasteiger charge is -2.18. The molecule has 5 nitrogen and oxygen atoms in total. The van der Waals surface area contributed by atoms with Crippen molar-refractivity contribution < 1.29 is 4.74 Å². The summed E-state index contributed by atoms with van der Waals surface area (Å²) in [6.07, 6.45) is 2.77. The first kappa shape index (κ1) is 14.9. The monoisotopic (exact) mass is 252 g/mol. The summed E-state index contributed by atoms with van der Waals surface area (Å²) in [5.41, 5.74) is 4.69. The predicted molar refractivity (Wildman–Crippen MR) is 73.2 cm³/mol. The lowest BCUT2D eigenvalue weighted by atomic mass is 10.1. The molecule has 0 aliphatic rings. The molecule has 0 radical (unpaired) electrons. The van der Waals surface area contributed by atoms with Crippen molar-refractivity contribution in [2.45, 2.75) is 53.1 Å². The summed E-state index contributed by atoms with van der Waals surface area (Å²) in [7, 11) is 0. The maximum absolute atomic E-state index is 5.70. The molecule has 5 heteroatoms. The Hall–Kier alpha value is -1.20. The minimum Gasteiger partial charge on any atom is -0.371 e. The molecular weight excluding hydrogens is 228 g/mol. The summed E-state index contributed by atoms with van der Waals surface area (Å²) < 4.78 is 5.70. The normalized spacial score (nSPS) is 12.5. The molecule has 0 bridgehead atoms. The van der Waals surface area contributed by atoms with Gasteiger partial charge in [-0.3, -0.25) is 0 Å². The van der Waals surface area contributed by atoms with E-state index in [-0.39, 0.29) is 6.10 Å². The second-order valence-corrected chi connectivity index (χ2v) is 4.22. The van der Waals surface area contributed by atoms with E-state index in [0.717, 1.165) is 36.3 Å². The molecule has 1 unspecified atom stereocenters. The van der Waals surface area contributed by atoms with E-state index in [0.29, 0.717) is 12.4 Å². The molecular formula is C13H24N4O. The van der Waals surface area contributed by atoms with Crippen molar-refractivity contribution in [1.82, 2.24) is 9.97 Å². The lowest BCUT2D eigenvalue weighted by Crippen LogP contribution is -2.17. The molecule has 0 fully saturated rings. The molecule has 1 aromatic heterocycles. The molecule has 0 amide bonds. The van der Waals surface area contributed by atoms with Crippen molar-refractivity contribution in [2.24, 2.45) is 5.84 Å². The first-order valence-corrected chi connectivity index (χ1v) is 6.63. The van der Waals surface area contributed by atoms with E-state index < -0.39 is 0 Å². The minimum absolute atomic E-state index is 0.0447. The van der Waals surface area contributed by atoms with Crippen LogP contribution in [0.4, 0.5) is 5.82 Å². The number of aromatic nitrogens is 2. The van der Waals surface area contributed by atoms with Crippen molar-refractivity contribution >= 4 is 5.82 Å². The second kappa shape index (κ2) is 7.28. The van der Waals surface area contributed by atoms with Gasteiger partial charge in [-0.1, -0.05) is 20.3 Å². The summed E-state index contributed by atoms with van der Waals surface area (Å²) in [5.74, 6) is 6.96. The Bertz CT molecular complexity index is 375. The Morgan fingerprint density at radius 3 is 2.50 bits per heavy atom. The molecule has 1 rings (SSSR count). The summed E-state index contributed by atoms with van der Waals surface area (Å²) in [4.78, 5) is 9.05. The first-order chi connectivity index (χ1) is 8.67. The molecule has 0 aliphatic heterocycles. The standard InChI is InChI=1S/C13H24N4O/c1-5-8-11(18-7-3)13-15-9(4)10(6-2)12(16-13)17-14/h11H,5-8,14H2,1-4H3,(H,15,16,17). The number of nitrogens with two attached hydrogens (primary N) is 1. The van der Waals surface area contributed by atoms with Crippen LogP contribution in [-0.4, -0.2) is 16.6 Å². The smallest absolute Gasteiger partial charge is 0.159 e. The molecule has 1 aromatic rings. The fourth-order valence-electron chi connectivity index (χ4n) is 2.05. The first-order valence-electron chi connectivity index (χ1n) is 6.63. The highest BCUT2D eigenvalue weighted by atomic mass is 16.5. The van der Waals surface area contributed by atoms with E-state index in [2.05, 4.69) is 29.2 Å². The van der Waals surface area contributed by atoms with Crippen LogP contribution in [0.3, 0.4) is 0 Å². The zero-order valence-corrected chi connectivity index (χ0v) is 11.8. The van der Waals surface area contributed by atoms with Crippen molar-refractivity contribution in [2.75, 3.05) is 12.0 Å². The number of ether oxygens (including phenoxy) is 1. The van der Waals surface area contributed by atoms with Crippen LogP contribution in [0.1, 0.15) is 56.8 Å². The molecule has 0 spiro atoms. The molecule has 18 heavy (non-hydrogen) atoms. The Morgan fingerprint density at radius 2 is 2.00 bits per heavy atom. The highest BCUT2D eigenvalue weighted by Crippen LogP contribution is 2.24. The number of nitrogens with one attached hydrogen (secondary N) is 1. The van der Waals surface area contributed by atoms with Gasteiger partial charge in [-0.25, -0.2) is 15.8 Å². The molecule has 0 saturated heterocycles. The van der Waals surface area contributed by atoms with Crippen LogP contribution in [0.15, 0.2) is 0 Å². The van der Waals surface area contributed by atoms with Crippen LogP contribution >= 0.6 is 0 Å². The van der Waals surface area contributed by atoms with E-state index in [1.807, 2.05) is 13.8 Å². The Kier molecular flexibility index (Phi) is 6.01. The quantitative estimate of drug-likeness (QED) is 0.576. The average molecular weight is 252 g/mol. The Balaban J connectivity index is 3.11. The summed E-state index contributed by atoms with van der Waals surface area (Å²) in [5, 5.41) is 0. The molecule has 3 N–H and O–H groups in total. The molecule has 0 aliphatic carbocycles. The number of rotatable bonds is 7. The number of nitrogen functional groups attached to an aromatic ring is 1. The molecule has 0 saturated carbocycles. The SMILES string of the molecule is CCCC(OCC)c1nc(C)c(CC)c(NN)n1. The van der Waals surface area contributed by atoms with E-state index >= 15 is 0 Å². The van der Waals surface area contributed by atoms with Gasteiger partial charge in [-0.15, -0.1) is 0 Å². The Morgan fingerprint density at radius 1 is 1.28 bits per heavy atom. The summed E-state index contributed by atoms with van der Waals surface area (Å²) >= 11 is 0. The van der Waals surface area contributed by atoms with Gasteiger partial charge in [0.25, 0.3) is 0 Å². The fraction of sp³-hybridized carbons (Fsp3) is 0.692. The van der Waals surface area contributed by atoms with Crippen molar-refractivity contribution in [3.63, 3.8) is 0 Å². The van der Waals surface area contributed by atoms with Crippen LogP contribution in [-0.2, 0) is 11.2 Å². The van der Waals surface area contributed by atoms with E-state index in [1.165, 1.54) is 0 Å². The molecule has 102 valence electrons. The van der Waals surface area contributed by atoms with Gasteiger partial charge in [-0.05, 0) is 26.7 Å². The highest BCUT2D eigenvalue weighted by molar-refractivity contribution is 5.45. The number of aryl methyl sites for hydroxylation is 1. The number of hydrogen-bond acceptors (Lipinski definition) is 5. The van der Waals surface area contributed by atoms with E-state index in [9.17, 15) is 0 Å². The number of nitrogens with zero attached hydrogens (tertiary/aromatic N) is 2. The third-order valence-corrected chi connectivity index (χ3v) is 2.93. The summed E-state index contributed by atoms with van der Waals surface area (Å²) in [6.45, 7) is 8.82. The van der Waals surface area contributed by atoms with Crippen LogP contribution in [0.5, 0.6) is 0 Å². The average Bonchev–Trinajstić information content (AvgIpc) is 2.37. The summed E-state index contributed by atoms with van der Waals surface area (Å²) in [6, 6.07) is 0. The van der Waals surface area contributed by atoms with Gasteiger partial charge in [0, 0.05) is 17.9 Å². The van der Waals surface area contributed by atoms with E-state index in [1.54, 1.807) is 0 Å². The van der Waals surface area contributed by atoms with Crippen molar-refractivity contribution in [3.8, 4) is 0 Å². The Labute approximate surface area is 109 Å². The van der Waals surface area contributed by atoms with Crippen LogP contribution in [0, 0.1) is 6.92 Å². The maximum Gasteiger partial charge on any atom is 0.159 e. The largest absolute Gasteiger partial charge is 0.371 e. The van der Waals surface area contributed by atoms with Gasteiger partial charge in [0.2, 0.25) is 0 Å². The van der Waals surface area contributed by atoms with Crippen LogP contribution in [0.25, 0.3) is 0 Å². The zero-order valence-electron chi connectivity index (χ0n) is 11.8. The van der Waals surface area contributed by atoms with Crippen LogP contribution in [0.2, 0.25) is 0 Å². The fourth-order valence-corrected chi connectivity index (χ4v) is 2.05. The van der Waals surface area contributed by atoms with Gasteiger partial charge >= 0.3 is 0 Å². The van der Waals surface area contributed by atoms with Gasteiger partial charge < -0.3 is 10.2 Å². The number of hydrazine groups is 1. The van der Waals surface area contributed by atoms with Crippen LogP contribution < -0.4 is 11.3 Å². The predicted octanol–water partition coefficient (Wildman–Crippen LogP) is 2.51. The zero-order chi connectivity index (χ0) is 13.5. The van der Waals surface area contributed by atoms with Crippen molar-refractivity contribution in [3.05, 3.63) is 17.1 Å². The third kappa shape index (κ3) is 3.40. The van der Waals surface area contributed by atoms with Crippen molar-refractivity contribution in [1.29, 1.82) is 0 Å². The molecule has 0 aromatic carbocycles. The lowest BCUT2D eigenvalue weighted by molar-refractivity contribution is 0.0493. The van der Waals surface area contributed by atoms with Gasteiger partial charge in [0.15, 0.2) is 5.82 Å². The van der Waals surface area contributed by atoms with Gasteiger partial charge in [0.05, 0.1) is 0 Å². The topological polar surface area (TPSA) is 73.1 Å². The molecule has 1 atom stereocenters. The third-order valence-electron chi connectivity index (χ3n) is 2.93.